The maximum Gasteiger partial charge on any atom is 0.311 e. The third-order valence-electron chi connectivity index (χ3n) is 5.60. The molecule has 4 aromatic rings. The van der Waals surface area contributed by atoms with E-state index < -0.39 is 11.7 Å². The van der Waals surface area contributed by atoms with Crippen molar-refractivity contribution in [3.05, 3.63) is 101 Å². The van der Waals surface area contributed by atoms with E-state index in [0.717, 1.165) is 5.56 Å². The van der Waals surface area contributed by atoms with Gasteiger partial charge in [-0.25, -0.2) is 4.98 Å². The molecule has 0 saturated heterocycles. The standard InChI is InChI=1S/C24H19N3O4/c28-22(29)13-21-25-19-11-10-16(12-20(19)26-21)24(31)18-9-5-4-8-17(18)23(30)27(24)14-15-6-2-1-3-7-15/h1-12,31H,13-14H2,(H,25,26)(H,28,29). The second-order valence-electron chi connectivity index (χ2n) is 7.58. The fraction of sp³-hybridized carbons (Fsp3) is 0.125. The first-order chi connectivity index (χ1) is 15.0. The van der Waals surface area contributed by atoms with Gasteiger partial charge in [-0.3, -0.25) is 14.5 Å². The molecule has 2 heterocycles. The summed E-state index contributed by atoms with van der Waals surface area (Å²) >= 11 is 0. The molecule has 1 amide bonds. The molecule has 1 unspecified atom stereocenters. The van der Waals surface area contributed by atoms with Gasteiger partial charge in [0.05, 0.1) is 11.0 Å². The van der Waals surface area contributed by atoms with Crippen molar-refractivity contribution in [1.29, 1.82) is 0 Å². The van der Waals surface area contributed by atoms with Gasteiger partial charge in [0.1, 0.15) is 12.2 Å². The Morgan fingerprint density at radius 2 is 1.77 bits per heavy atom. The quantitative estimate of drug-likeness (QED) is 0.466. The van der Waals surface area contributed by atoms with Crippen LogP contribution in [0.25, 0.3) is 11.0 Å². The second-order valence-corrected chi connectivity index (χ2v) is 7.58. The van der Waals surface area contributed by atoms with Crippen LogP contribution in [-0.4, -0.2) is 37.0 Å². The van der Waals surface area contributed by atoms with E-state index in [-0.39, 0.29) is 18.9 Å². The predicted molar refractivity (Wildman–Crippen MR) is 113 cm³/mol. The molecule has 1 atom stereocenters. The van der Waals surface area contributed by atoms with Gasteiger partial charge in [-0.15, -0.1) is 0 Å². The van der Waals surface area contributed by atoms with Gasteiger partial charge in [-0.1, -0.05) is 54.6 Å². The van der Waals surface area contributed by atoms with Crippen molar-refractivity contribution in [3.8, 4) is 0 Å². The zero-order chi connectivity index (χ0) is 21.6. The highest BCUT2D eigenvalue weighted by molar-refractivity contribution is 6.00. The van der Waals surface area contributed by atoms with Crippen LogP contribution >= 0.6 is 0 Å². The lowest BCUT2D eigenvalue weighted by molar-refractivity contribution is -0.136. The van der Waals surface area contributed by atoms with Gasteiger partial charge in [0.25, 0.3) is 5.91 Å². The van der Waals surface area contributed by atoms with Crippen LogP contribution in [0.3, 0.4) is 0 Å². The highest BCUT2D eigenvalue weighted by Crippen LogP contribution is 2.43. The highest BCUT2D eigenvalue weighted by atomic mass is 16.4. The molecule has 0 spiro atoms. The number of carboxylic acid groups (broad SMARTS) is 1. The molecular formula is C24H19N3O4. The smallest absolute Gasteiger partial charge is 0.311 e. The molecule has 0 radical (unpaired) electrons. The van der Waals surface area contributed by atoms with Crippen molar-refractivity contribution >= 4 is 22.9 Å². The molecule has 1 aliphatic rings. The Morgan fingerprint density at radius 1 is 1.03 bits per heavy atom. The zero-order valence-corrected chi connectivity index (χ0v) is 16.4. The van der Waals surface area contributed by atoms with E-state index in [1.165, 1.54) is 4.90 Å². The SMILES string of the molecule is O=C(O)Cc1nc2ccc(C3(O)c4ccccc4C(=O)N3Cc3ccccc3)cc2[nH]1. The monoisotopic (exact) mass is 413 g/mol. The van der Waals surface area contributed by atoms with Gasteiger partial charge in [0, 0.05) is 23.2 Å². The number of H-pyrrole nitrogens is 1. The van der Waals surface area contributed by atoms with Crippen LogP contribution in [0.5, 0.6) is 0 Å². The lowest BCUT2D eigenvalue weighted by atomic mass is 9.93. The first-order valence-corrected chi connectivity index (χ1v) is 9.85. The number of nitrogens with zero attached hydrogens (tertiary/aromatic N) is 2. The maximum atomic E-state index is 13.3. The first-order valence-electron chi connectivity index (χ1n) is 9.85. The number of aliphatic carboxylic acids is 1. The molecule has 7 heteroatoms. The minimum Gasteiger partial charge on any atom is -0.481 e. The summed E-state index contributed by atoms with van der Waals surface area (Å²) in [6.45, 7) is 0.232. The number of carboxylic acids is 1. The van der Waals surface area contributed by atoms with E-state index >= 15 is 0 Å². The van der Waals surface area contributed by atoms with Crippen molar-refractivity contribution in [2.75, 3.05) is 0 Å². The lowest BCUT2D eigenvalue weighted by Gasteiger charge is -2.35. The predicted octanol–water partition coefficient (Wildman–Crippen LogP) is 3.04. The number of carbonyl (C=O) groups excluding carboxylic acids is 1. The summed E-state index contributed by atoms with van der Waals surface area (Å²) in [5.74, 6) is -0.906. The normalized spacial score (nSPS) is 17.8. The number of aliphatic hydroxyl groups is 1. The molecule has 1 aliphatic heterocycles. The Hall–Kier alpha value is -3.97. The Kier molecular flexibility index (Phi) is 4.34. The van der Waals surface area contributed by atoms with Gasteiger partial charge in [-0.2, -0.15) is 0 Å². The third-order valence-corrected chi connectivity index (χ3v) is 5.60. The molecular weight excluding hydrogens is 394 g/mol. The fourth-order valence-electron chi connectivity index (χ4n) is 4.18. The van der Waals surface area contributed by atoms with Crippen molar-refractivity contribution in [1.82, 2.24) is 14.9 Å². The number of fused-ring (bicyclic) bond motifs is 2. The summed E-state index contributed by atoms with van der Waals surface area (Å²) in [5, 5.41) is 21.0. The summed E-state index contributed by atoms with van der Waals surface area (Å²) in [5.41, 5.74) is 1.89. The molecule has 0 saturated carbocycles. The molecule has 0 aliphatic carbocycles. The Morgan fingerprint density at radius 3 is 2.55 bits per heavy atom. The Balaban J connectivity index is 1.64. The van der Waals surface area contributed by atoms with E-state index in [2.05, 4.69) is 9.97 Å². The van der Waals surface area contributed by atoms with Gasteiger partial charge < -0.3 is 15.2 Å². The average Bonchev–Trinajstić information content (AvgIpc) is 3.26. The number of nitrogens with one attached hydrogen (secondary N) is 1. The third kappa shape index (κ3) is 3.06. The molecule has 5 rings (SSSR count). The Labute approximate surface area is 177 Å². The molecule has 7 nitrogen and oxygen atoms in total. The fourth-order valence-corrected chi connectivity index (χ4v) is 4.18. The number of aromatic nitrogens is 2. The van der Waals surface area contributed by atoms with E-state index in [0.29, 0.717) is 33.5 Å². The number of amides is 1. The number of aromatic amines is 1. The van der Waals surface area contributed by atoms with Crippen molar-refractivity contribution < 1.29 is 19.8 Å². The number of carbonyl (C=O) groups is 2. The van der Waals surface area contributed by atoms with Gasteiger partial charge in [-0.05, 0) is 23.8 Å². The topological polar surface area (TPSA) is 107 Å². The molecule has 3 aromatic carbocycles. The Bertz CT molecular complexity index is 1310. The number of hydrogen-bond acceptors (Lipinski definition) is 4. The van der Waals surface area contributed by atoms with Crippen LogP contribution in [0, 0.1) is 0 Å². The molecule has 154 valence electrons. The van der Waals surface area contributed by atoms with Crippen LogP contribution in [0.1, 0.15) is 32.9 Å². The van der Waals surface area contributed by atoms with E-state index in [9.17, 15) is 14.7 Å². The maximum absolute atomic E-state index is 13.3. The average molecular weight is 413 g/mol. The van der Waals surface area contributed by atoms with E-state index in [1.807, 2.05) is 30.3 Å². The van der Waals surface area contributed by atoms with Crippen molar-refractivity contribution in [2.24, 2.45) is 0 Å². The summed E-state index contributed by atoms with van der Waals surface area (Å²) in [6, 6.07) is 21.7. The van der Waals surface area contributed by atoms with Gasteiger partial charge in [0.15, 0.2) is 5.72 Å². The minimum atomic E-state index is -1.67. The summed E-state index contributed by atoms with van der Waals surface area (Å²) < 4.78 is 0. The van der Waals surface area contributed by atoms with Crippen LogP contribution in [-0.2, 0) is 23.5 Å². The highest BCUT2D eigenvalue weighted by Gasteiger charge is 2.49. The number of benzene rings is 3. The molecule has 0 fully saturated rings. The summed E-state index contributed by atoms with van der Waals surface area (Å²) in [6.07, 6.45) is -0.226. The van der Waals surface area contributed by atoms with Crippen LogP contribution in [0.2, 0.25) is 0 Å². The van der Waals surface area contributed by atoms with Crippen molar-refractivity contribution in [3.63, 3.8) is 0 Å². The lowest BCUT2D eigenvalue weighted by Crippen LogP contribution is -2.44. The molecule has 1 aromatic heterocycles. The molecule has 31 heavy (non-hydrogen) atoms. The second kappa shape index (κ2) is 7.07. The number of imidazole rings is 1. The van der Waals surface area contributed by atoms with Crippen LogP contribution in [0.4, 0.5) is 0 Å². The van der Waals surface area contributed by atoms with Crippen molar-refractivity contribution in [2.45, 2.75) is 18.7 Å². The summed E-state index contributed by atoms with van der Waals surface area (Å²) in [4.78, 5) is 33.0. The van der Waals surface area contributed by atoms with E-state index in [4.69, 9.17) is 5.11 Å². The van der Waals surface area contributed by atoms with Crippen LogP contribution < -0.4 is 0 Å². The first kappa shape index (κ1) is 19.0. The molecule has 3 N–H and O–H groups in total. The minimum absolute atomic E-state index is 0.226. The molecule has 0 bridgehead atoms. The number of hydrogen-bond donors (Lipinski definition) is 3. The zero-order valence-electron chi connectivity index (χ0n) is 16.4. The van der Waals surface area contributed by atoms with E-state index in [1.54, 1.807) is 42.5 Å². The number of rotatable bonds is 5. The van der Waals surface area contributed by atoms with Crippen LogP contribution in [0.15, 0.2) is 72.8 Å². The summed E-state index contributed by atoms with van der Waals surface area (Å²) in [7, 11) is 0. The van der Waals surface area contributed by atoms with Gasteiger partial charge in [0.2, 0.25) is 0 Å². The largest absolute Gasteiger partial charge is 0.481 e. The van der Waals surface area contributed by atoms with Gasteiger partial charge >= 0.3 is 5.97 Å².